The molecule has 2 aromatic carbocycles. The van der Waals surface area contributed by atoms with Crippen LogP contribution in [0, 0.1) is 24.7 Å². The summed E-state index contributed by atoms with van der Waals surface area (Å²) >= 11 is 0. The summed E-state index contributed by atoms with van der Waals surface area (Å²) in [6.45, 7) is 7.63. The fraction of sp³-hybridized carbons (Fsp3) is 0.0909. The number of hydrogen-bond donors (Lipinski definition) is 0. The Hall–Kier alpha value is -3.00. The van der Waals surface area contributed by atoms with Gasteiger partial charge in [0.2, 0.25) is 0 Å². The van der Waals surface area contributed by atoms with Crippen molar-refractivity contribution in [2.75, 3.05) is 0 Å². The summed E-state index contributed by atoms with van der Waals surface area (Å²) in [6.07, 6.45) is 13.8. The van der Waals surface area contributed by atoms with E-state index >= 15 is 0 Å². The molecule has 0 spiro atoms. The Morgan fingerprint density at radius 1 is 0.783 bits per heavy atom. The molecule has 0 saturated heterocycles. The van der Waals surface area contributed by atoms with Gasteiger partial charge in [-0.05, 0) is 11.1 Å². The second-order valence-electron chi connectivity index (χ2n) is 4.90. The van der Waals surface area contributed by atoms with Crippen LogP contribution < -0.4 is 0 Å². The quantitative estimate of drug-likeness (QED) is 0.679. The van der Waals surface area contributed by atoms with E-state index in [0.717, 1.165) is 22.3 Å². The first-order chi connectivity index (χ1) is 11.2. The predicted octanol–water partition coefficient (Wildman–Crippen LogP) is 5.04. The van der Waals surface area contributed by atoms with Gasteiger partial charge in [0, 0.05) is 11.1 Å². The lowest BCUT2D eigenvalue weighted by Crippen LogP contribution is -2.10. The van der Waals surface area contributed by atoms with Gasteiger partial charge in [0.1, 0.15) is 12.2 Å². The molecule has 0 radical (unpaired) electrons. The second kappa shape index (κ2) is 7.85. The fourth-order valence-corrected chi connectivity index (χ4v) is 2.41. The van der Waals surface area contributed by atoms with Gasteiger partial charge in [-0.1, -0.05) is 85.7 Å². The Labute approximate surface area is 138 Å². The summed E-state index contributed by atoms with van der Waals surface area (Å²) in [5.74, 6) is 5.35. The topological polar surface area (TPSA) is 9.23 Å². The zero-order valence-corrected chi connectivity index (χ0v) is 12.9. The van der Waals surface area contributed by atoms with Crippen molar-refractivity contribution in [1.82, 2.24) is 0 Å². The van der Waals surface area contributed by atoms with E-state index in [1.54, 1.807) is 12.2 Å². The molecule has 0 aromatic heterocycles. The van der Waals surface area contributed by atoms with E-state index in [1.165, 1.54) is 0 Å². The molecular weight excluding hydrogens is 280 g/mol. The van der Waals surface area contributed by atoms with Crippen molar-refractivity contribution in [3.8, 4) is 24.7 Å². The molecule has 2 rings (SSSR count). The minimum Gasteiger partial charge on any atom is -0.340 e. The molecule has 0 fully saturated rings. The van der Waals surface area contributed by atoms with Gasteiger partial charge in [0.15, 0.2) is 0 Å². The Morgan fingerprint density at radius 3 is 1.52 bits per heavy atom. The minimum absolute atomic E-state index is 0.553. The van der Waals surface area contributed by atoms with Crippen LogP contribution in [0.3, 0.4) is 0 Å². The van der Waals surface area contributed by atoms with Crippen LogP contribution in [0.15, 0.2) is 61.7 Å². The first kappa shape index (κ1) is 16.4. The third kappa shape index (κ3) is 3.61. The maximum Gasteiger partial charge on any atom is 0.145 e. The Kier molecular flexibility index (Phi) is 5.59. The summed E-state index contributed by atoms with van der Waals surface area (Å²) in [7, 11) is 0. The molecule has 112 valence electrons. The number of ether oxygens (including phenoxy) is 1. The summed E-state index contributed by atoms with van der Waals surface area (Å²) < 4.78 is 6.04. The molecule has 0 amide bonds. The van der Waals surface area contributed by atoms with Crippen molar-refractivity contribution in [3.63, 3.8) is 0 Å². The minimum atomic E-state index is -0.553. The molecule has 0 aliphatic rings. The third-order valence-corrected chi connectivity index (χ3v) is 3.57. The van der Waals surface area contributed by atoms with Gasteiger partial charge >= 0.3 is 0 Å². The number of hydrogen-bond acceptors (Lipinski definition) is 1. The maximum atomic E-state index is 6.04. The van der Waals surface area contributed by atoms with E-state index in [9.17, 15) is 0 Å². The summed E-state index contributed by atoms with van der Waals surface area (Å²) in [5, 5.41) is 0. The molecule has 0 heterocycles. The average Bonchev–Trinajstić information content (AvgIpc) is 2.63. The number of terminal acetylenes is 2. The number of benzene rings is 2. The highest BCUT2D eigenvalue weighted by Gasteiger charge is 2.19. The van der Waals surface area contributed by atoms with Crippen molar-refractivity contribution in [2.45, 2.75) is 12.2 Å². The number of rotatable bonds is 6. The maximum absolute atomic E-state index is 6.04. The average molecular weight is 298 g/mol. The van der Waals surface area contributed by atoms with Crippen molar-refractivity contribution < 1.29 is 4.74 Å². The van der Waals surface area contributed by atoms with Gasteiger partial charge in [-0.25, -0.2) is 0 Å². The van der Waals surface area contributed by atoms with Crippen LogP contribution >= 0.6 is 0 Å². The molecule has 0 N–H and O–H groups in total. The van der Waals surface area contributed by atoms with Gasteiger partial charge in [0.25, 0.3) is 0 Å². The zero-order valence-electron chi connectivity index (χ0n) is 12.9. The molecule has 0 saturated carbocycles. The zero-order chi connectivity index (χ0) is 16.7. The van der Waals surface area contributed by atoms with Crippen molar-refractivity contribution in [3.05, 3.63) is 83.9 Å². The first-order valence-corrected chi connectivity index (χ1v) is 7.25. The van der Waals surface area contributed by atoms with E-state index in [2.05, 4.69) is 25.0 Å². The molecule has 23 heavy (non-hydrogen) atoms. The van der Waals surface area contributed by atoms with Crippen LogP contribution in [0.2, 0.25) is 0 Å². The van der Waals surface area contributed by atoms with Gasteiger partial charge in [-0.15, -0.1) is 12.8 Å². The van der Waals surface area contributed by atoms with E-state index in [0.29, 0.717) is 0 Å². The van der Waals surface area contributed by atoms with Crippen LogP contribution in [-0.2, 0) is 4.74 Å². The van der Waals surface area contributed by atoms with Gasteiger partial charge in [-0.2, -0.15) is 0 Å². The molecule has 2 aromatic rings. The predicted molar refractivity (Wildman–Crippen MR) is 97.3 cm³/mol. The van der Waals surface area contributed by atoms with Crippen molar-refractivity contribution >= 4 is 12.2 Å². The lowest BCUT2D eigenvalue weighted by atomic mass is 10.0. The van der Waals surface area contributed by atoms with Crippen LogP contribution in [0.4, 0.5) is 0 Å². The molecule has 2 atom stereocenters. The molecule has 0 aliphatic heterocycles. The van der Waals surface area contributed by atoms with Crippen LogP contribution in [0.1, 0.15) is 34.5 Å². The Bertz CT molecular complexity index is 719. The summed E-state index contributed by atoms with van der Waals surface area (Å²) in [4.78, 5) is 0. The van der Waals surface area contributed by atoms with E-state index in [1.807, 2.05) is 48.5 Å². The second-order valence-corrected chi connectivity index (χ2v) is 4.90. The van der Waals surface area contributed by atoms with E-state index in [-0.39, 0.29) is 0 Å². The molecule has 1 nitrogen and oxygen atoms in total. The summed E-state index contributed by atoms with van der Waals surface area (Å²) in [6, 6.07) is 15.4. The fourth-order valence-electron chi connectivity index (χ4n) is 2.41. The monoisotopic (exact) mass is 298 g/mol. The lowest BCUT2D eigenvalue weighted by molar-refractivity contribution is 0.0514. The molecular formula is C22H18O. The molecule has 2 unspecified atom stereocenters. The van der Waals surface area contributed by atoms with E-state index in [4.69, 9.17) is 17.6 Å². The van der Waals surface area contributed by atoms with Crippen LogP contribution in [0.5, 0.6) is 0 Å². The highest BCUT2D eigenvalue weighted by molar-refractivity contribution is 5.55. The Morgan fingerprint density at radius 2 is 1.17 bits per heavy atom. The molecule has 1 heteroatoms. The van der Waals surface area contributed by atoms with Gasteiger partial charge in [0.05, 0.1) is 0 Å². The first-order valence-electron chi connectivity index (χ1n) is 7.25. The molecule has 0 bridgehead atoms. The Balaban J connectivity index is 2.37. The molecule has 0 aliphatic carbocycles. The largest absolute Gasteiger partial charge is 0.340 e. The van der Waals surface area contributed by atoms with Crippen LogP contribution in [0.25, 0.3) is 12.2 Å². The lowest BCUT2D eigenvalue weighted by Gasteiger charge is -2.21. The van der Waals surface area contributed by atoms with Crippen LogP contribution in [-0.4, -0.2) is 0 Å². The van der Waals surface area contributed by atoms with Crippen molar-refractivity contribution in [2.24, 2.45) is 0 Å². The highest BCUT2D eigenvalue weighted by Crippen LogP contribution is 2.30. The van der Waals surface area contributed by atoms with E-state index < -0.39 is 12.2 Å². The summed E-state index contributed by atoms with van der Waals surface area (Å²) in [5.41, 5.74) is 3.62. The van der Waals surface area contributed by atoms with Gasteiger partial charge in [-0.3, -0.25) is 0 Å². The normalized spacial score (nSPS) is 12.4. The standard InChI is InChI=1S/C22H18O/c1-5-17-13-9-11-15-19(17)21(7-3)23-22(8-4)20-16-12-10-14-18(20)6-2/h3-6,9-16,21-22H,1-2H2. The smallest absolute Gasteiger partial charge is 0.145 e. The third-order valence-electron chi connectivity index (χ3n) is 3.57. The highest BCUT2D eigenvalue weighted by atomic mass is 16.5. The van der Waals surface area contributed by atoms with Crippen molar-refractivity contribution in [1.29, 1.82) is 0 Å². The SMILES string of the molecule is C#CC(OC(C#C)c1ccccc1C=C)c1ccccc1C=C. The van der Waals surface area contributed by atoms with Gasteiger partial charge < -0.3 is 4.74 Å².